The van der Waals surface area contributed by atoms with Crippen LogP contribution in [-0.2, 0) is 36.8 Å². The van der Waals surface area contributed by atoms with Gasteiger partial charge in [0, 0.05) is 19.5 Å². The van der Waals surface area contributed by atoms with E-state index in [-0.39, 0.29) is 12.2 Å². The molecule has 216 valence electrons. The fourth-order valence-corrected chi connectivity index (χ4v) is 5.88. The molecule has 2 saturated heterocycles. The second-order valence-corrected chi connectivity index (χ2v) is 11.3. The molecule has 0 bridgehead atoms. The maximum absolute atomic E-state index is 12.4. The first-order chi connectivity index (χ1) is 17.6. The van der Waals surface area contributed by atoms with Crippen molar-refractivity contribution in [3.8, 4) is 0 Å². The van der Waals surface area contributed by atoms with Crippen molar-refractivity contribution in [3.05, 3.63) is 22.7 Å². The Morgan fingerprint density at radius 2 is 1.89 bits per heavy atom. The average Bonchev–Trinajstić information content (AvgIpc) is 3.16. The van der Waals surface area contributed by atoms with E-state index in [0.29, 0.717) is 0 Å². The molecule has 0 saturated carbocycles. The summed E-state index contributed by atoms with van der Waals surface area (Å²) in [5, 5.41) is 41.8. The van der Waals surface area contributed by atoms with Crippen LogP contribution < -0.4 is 16.7 Å². The molecule has 0 spiro atoms. The van der Waals surface area contributed by atoms with E-state index < -0.39 is 89.5 Å². The minimum absolute atomic E-state index is 0.0432. The third-order valence-corrected chi connectivity index (χ3v) is 8.06. The molecule has 1 aromatic heterocycles. The fourth-order valence-electron chi connectivity index (χ4n) is 3.71. The summed E-state index contributed by atoms with van der Waals surface area (Å²) in [5.41, 5.74) is 4.64. The molecule has 38 heavy (non-hydrogen) atoms. The van der Waals surface area contributed by atoms with Gasteiger partial charge in [0.2, 0.25) is 5.91 Å². The number of nitrogens with one attached hydrogen (secondary N) is 1. The lowest BCUT2D eigenvalue weighted by Crippen LogP contribution is -2.64. The molecule has 19 nitrogen and oxygen atoms in total. The van der Waals surface area contributed by atoms with Gasteiger partial charge in [-0.15, -0.1) is 0 Å². The maximum atomic E-state index is 12.4. The van der Waals surface area contributed by atoms with Gasteiger partial charge < -0.3 is 50.7 Å². The van der Waals surface area contributed by atoms with Crippen molar-refractivity contribution in [1.29, 1.82) is 0 Å². The minimum atomic E-state index is -5.55. The first kappa shape index (κ1) is 30.7. The van der Waals surface area contributed by atoms with E-state index in [1.807, 2.05) is 0 Å². The van der Waals surface area contributed by atoms with E-state index in [1.165, 1.54) is 12.3 Å². The number of ether oxygens (including phenoxy) is 2. The summed E-state index contributed by atoms with van der Waals surface area (Å²) in [5.74, 6) is -0.811. The molecule has 21 heteroatoms. The zero-order valence-corrected chi connectivity index (χ0v) is 21.4. The van der Waals surface area contributed by atoms with Crippen LogP contribution in [0.5, 0.6) is 0 Å². The van der Waals surface area contributed by atoms with E-state index in [4.69, 9.17) is 19.7 Å². The average molecular weight is 590 g/mol. The first-order valence-corrected chi connectivity index (χ1v) is 13.9. The van der Waals surface area contributed by atoms with Crippen molar-refractivity contribution in [2.24, 2.45) is 0 Å². The Bertz CT molecular complexity index is 1150. The Kier molecular flexibility index (Phi) is 9.81. The molecule has 1 aromatic rings. The highest BCUT2D eigenvalue weighted by molar-refractivity contribution is 7.61. The molecule has 2 aliphatic rings. The van der Waals surface area contributed by atoms with Gasteiger partial charge in [0.1, 0.15) is 42.5 Å². The Morgan fingerprint density at radius 1 is 1.21 bits per heavy atom. The van der Waals surface area contributed by atoms with E-state index in [9.17, 15) is 48.9 Å². The lowest BCUT2D eigenvalue weighted by atomic mass is 9.97. The predicted molar refractivity (Wildman–Crippen MR) is 121 cm³/mol. The molecule has 9 N–H and O–H groups in total. The molecular formula is C17H28N4O15P2. The summed E-state index contributed by atoms with van der Waals surface area (Å²) < 4.78 is 49.9. The molecule has 2 unspecified atom stereocenters. The molecule has 1 amide bonds. The maximum Gasteiger partial charge on any atom is 0.483 e. The molecule has 0 aromatic carbocycles. The van der Waals surface area contributed by atoms with Crippen molar-refractivity contribution < 1.29 is 67.0 Å². The molecule has 2 fully saturated rings. The molecule has 3 rings (SSSR count). The lowest BCUT2D eigenvalue weighted by Gasteiger charge is -2.42. The zero-order chi connectivity index (χ0) is 28.4. The first-order valence-electron chi connectivity index (χ1n) is 10.9. The van der Waals surface area contributed by atoms with E-state index in [1.54, 1.807) is 0 Å². The summed E-state index contributed by atoms with van der Waals surface area (Å²) in [6, 6.07) is -0.344. The second-order valence-electron chi connectivity index (χ2n) is 8.33. The van der Waals surface area contributed by atoms with Crippen LogP contribution in [0.3, 0.4) is 0 Å². The largest absolute Gasteiger partial charge is 0.483 e. The molecule has 0 aliphatic carbocycles. The molecule has 0 radical (unpaired) electrons. The number of amides is 1. The number of aromatic nitrogens is 2. The van der Waals surface area contributed by atoms with Gasteiger partial charge in [-0.2, -0.15) is 9.29 Å². The van der Waals surface area contributed by atoms with Crippen LogP contribution in [0.4, 0.5) is 5.82 Å². The standard InChI is InChI=1S/C17H28N4O15P2/c1-7(23)19-13-15(26)14(25)9(5-22)34-16(13)35-38(30,31)36-37(28,29)32-6-10-8(24)4-12(33-10)21-3-2-11(18)20-17(21)27/h2-3,8-10,12-16,22,24-26H,4-6H2,1H3,(H,19,23)(H,28,29)(H,30,31)(H2,18,20,27)/t8-,9+,10+,12+,13+,14+,15+,16+/m0/s1. The van der Waals surface area contributed by atoms with Gasteiger partial charge >= 0.3 is 21.3 Å². The number of hydrogen-bond acceptors (Lipinski definition) is 15. The van der Waals surface area contributed by atoms with Crippen molar-refractivity contribution >= 4 is 27.4 Å². The van der Waals surface area contributed by atoms with Gasteiger partial charge in [0.15, 0.2) is 6.29 Å². The van der Waals surface area contributed by atoms with Gasteiger partial charge in [-0.1, -0.05) is 0 Å². The monoisotopic (exact) mass is 590 g/mol. The number of nitrogens with two attached hydrogens (primary N) is 1. The van der Waals surface area contributed by atoms with Gasteiger partial charge in [0.25, 0.3) is 0 Å². The molecule has 3 heterocycles. The lowest BCUT2D eigenvalue weighted by molar-refractivity contribution is -0.247. The topological polar surface area (TPSA) is 292 Å². The number of nitrogen functional groups attached to an aromatic ring is 1. The highest BCUT2D eigenvalue weighted by Crippen LogP contribution is 2.61. The van der Waals surface area contributed by atoms with Crippen molar-refractivity contribution in [2.45, 2.75) is 62.4 Å². The number of nitrogens with zero attached hydrogens (tertiary/aromatic N) is 2. The van der Waals surface area contributed by atoms with Crippen molar-refractivity contribution in [3.63, 3.8) is 0 Å². The number of aliphatic hydroxyl groups is 4. The summed E-state index contributed by atoms with van der Waals surface area (Å²) in [6.45, 7) is -0.690. The molecule has 2 aliphatic heterocycles. The third kappa shape index (κ3) is 7.64. The Hall–Kier alpha value is -1.83. The Labute approximate surface area is 213 Å². The second kappa shape index (κ2) is 12.1. The van der Waals surface area contributed by atoms with Crippen LogP contribution in [0.1, 0.15) is 19.6 Å². The van der Waals surface area contributed by atoms with Crippen LogP contribution in [0.25, 0.3) is 0 Å². The molecule has 10 atom stereocenters. The highest BCUT2D eigenvalue weighted by Gasteiger charge is 2.49. The van der Waals surface area contributed by atoms with E-state index in [0.717, 1.165) is 11.5 Å². The van der Waals surface area contributed by atoms with Gasteiger partial charge in [0.05, 0.1) is 19.3 Å². The SMILES string of the molecule is CC(=O)N[C@H]1[C@@H](OP(=O)(O)OP(=O)(O)OC[C@H]2O[C@@H](n3ccc(N)nc3=O)C[C@@H]2O)O[C@H](CO)[C@@H](O)[C@@H]1O. The van der Waals surface area contributed by atoms with E-state index >= 15 is 0 Å². The van der Waals surface area contributed by atoms with Crippen molar-refractivity contribution in [1.82, 2.24) is 14.9 Å². The smallest absolute Gasteiger partial charge is 0.394 e. The number of rotatable bonds is 10. The summed E-state index contributed by atoms with van der Waals surface area (Å²) in [6.07, 6.45) is -9.59. The third-order valence-electron chi connectivity index (χ3n) is 5.46. The normalized spacial score (nSPS) is 34.8. The fraction of sp³-hybridized carbons (Fsp3) is 0.706. The number of carbonyl (C=O) groups excluding carboxylic acids is 1. The van der Waals surface area contributed by atoms with Crippen LogP contribution in [-0.4, -0.2) is 102 Å². The van der Waals surface area contributed by atoms with Crippen LogP contribution in [0.15, 0.2) is 17.1 Å². The van der Waals surface area contributed by atoms with Crippen LogP contribution in [0.2, 0.25) is 0 Å². The Balaban J connectivity index is 1.62. The molecular weight excluding hydrogens is 562 g/mol. The highest BCUT2D eigenvalue weighted by atomic mass is 31.3. The Morgan fingerprint density at radius 3 is 2.50 bits per heavy atom. The van der Waals surface area contributed by atoms with E-state index in [2.05, 4.69) is 19.1 Å². The zero-order valence-electron chi connectivity index (χ0n) is 19.6. The van der Waals surface area contributed by atoms with Gasteiger partial charge in [-0.25, -0.2) is 13.9 Å². The quantitative estimate of drug-likeness (QED) is 0.124. The van der Waals surface area contributed by atoms with Crippen LogP contribution >= 0.6 is 15.6 Å². The summed E-state index contributed by atoms with van der Waals surface area (Å²) in [7, 11) is -10.9. The van der Waals surface area contributed by atoms with Crippen LogP contribution in [0, 0.1) is 0 Å². The number of hydrogen-bond donors (Lipinski definition) is 8. The predicted octanol–water partition coefficient (Wildman–Crippen LogP) is -3.33. The number of carbonyl (C=O) groups is 1. The summed E-state index contributed by atoms with van der Waals surface area (Å²) >= 11 is 0. The van der Waals surface area contributed by atoms with Crippen molar-refractivity contribution in [2.75, 3.05) is 18.9 Å². The minimum Gasteiger partial charge on any atom is -0.394 e. The number of phosphoric acid groups is 2. The number of anilines is 1. The van der Waals surface area contributed by atoms with Gasteiger partial charge in [-0.3, -0.25) is 18.4 Å². The van der Waals surface area contributed by atoms with Gasteiger partial charge in [-0.05, 0) is 6.07 Å². The number of phosphoric ester groups is 2. The summed E-state index contributed by atoms with van der Waals surface area (Å²) in [4.78, 5) is 46.9. The number of aliphatic hydroxyl groups excluding tert-OH is 4.